The zero-order valence-corrected chi connectivity index (χ0v) is 10.9. The molecule has 0 radical (unpaired) electrons. The third kappa shape index (κ3) is 2.99. The van der Waals surface area contributed by atoms with Gasteiger partial charge in [0.1, 0.15) is 0 Å². The number of carbonyl (C=O) groups excluding carboxylic acids is 1. The van der Waals surface area contributed by atoms with Crippen LogP contribution < -0.4 is 5.73 Å². The van der Waals surface area contributed by atoms with Crippen molar-refractivity contribution in [2.45, 2.75) is 51.1 Å². The van der Waals surface area contributed by atoms with E-state index < -0.39 is 0 Å². The molecule has 4 nitrogen and oxygen atoms in total. The number of nitrogens with zero attached hydrogens (tertiary/aromatic N) is 2. The van der Waals surface area contributed by atoms with E-state index >= 15 is 0 Å². The fourth-order valence-electron chi connectivity index (χ4n) is 2.93. The van der Waals surface area contributed by atoms with Gasteiger partial charge in [0.05, 0.1) is 6.04 Å². The van der Waals surface area contributed by atoms with E-state index in [4.69, 9.17) is 5.73 Å². The molecule has 4 heteroatoms. The standard InChI is InChI=1S/C13H25N3O/c1-2-12(14)13(17)16-9-6-11(10-16)15-7-4-3-5-8-15/h11-12H,2-10,14H2,1H3. The Morgan fingerprint density at radius 2 is 2.00 bits per heavy atom. The fraction of sp³-hybridized carbons (Fsp3) is 0.923. The zero-order chi connectivity index (χ0) is 12.3. The minimum Gasteiger partial charge on any atom is -0.340 e. The van der Waals surface area contributed by atoms with E-state index in [2.05, 4.69) is 4.90 Å². The van der Waals surface area contributed by atoms with Gasteiger partial charge in [0.2, 0.25) is 5.91 Å². The van der Waals surface area contributed by atoms with Gasteiger partial charge in [-0.25, -0.2) is 0 Å². The Kier molecular flexibility index (Phi) is 4.40. The topological polar surface area (TPSA) is 49.6 Å². The molecule has 0 aromatic carbocycles. The van der Waals surface area contributed by atoms with Crippen LogP contribution in [0.4, 0.5) is 0 Å². The Morgan fingerprint density at radius 3 is 2.65 bits per heavy atom. The molecule has 98 valence electrons. The van der Waals surface area contributed by atoms with Crippen molar-refractivity contribution in [1.82, 2.24) is 9.80 Å². The molecule has 0 aromatic heterocycles. The van der Waals surface area contributed by atoms with Crippen LogP contribution in [0.2, 0.25) is 0 Å². The third-order valence-corrected chi connectivity index (χ3v) is 4.14. The van der Waals surface area contributed by atoms with Gasteiger partial charge in [-0.3, -0.25) is 9.69 Å². The lowest BCUT2D eigenvalue weighted by molar-refractivity contribution is -0.131. The molecule has 2 saturated heterocycles. The van der Waals surface area contributed by atoms with Crippen LogP contribution in [0.15, 0.2) is 0 Å². The summed E-state index contributed by atoms with van der Waals surface area (Å²) in [6.45, 7) is 6.19. The summed E-state index contributed by atoms with van der Waals surface area (Å²) in [6, 6.07) is 0.290. The lowest BCUT2D eigenvalue weighted by Crippen LogP contribution is -2.45. The summed E-state index contributed by atoms with van der Waals surface area (Å²) < 4.78 is 0. The van der Waals surface area contributed by atoms with Gasteiger partial charge in [-0.05, 0) is 38.8 Å². The number of hydrogen-bond donors (Lipinski definition) is 1. The predicted octanol–water partition coefficient (Wildman–Crippen LogP) is 0.811. The molecule has 17 heavy (non-hydrogen) atoms. The lowest BCUT2D eigenvalue weighted by Gasteiger charge is -2.32. The molecule has 0 aliphatic carbocycles. The maximum absolute atomic E-state index is 12.0. The quantitative estimate of drug-likeness (QED) is 0.793. The lowest BCUT2D eigenvalue weighted by atomic mass is 10.1. The molecule has 2 aliphatic heterocycles. The van der Waals surface area contributed by atoms with E-state index in [9.17, 15) is 4.79 Å². The van der Waals surface area contributed by atoms with Gasteiger partial charge in [-0.15, -0.1) is 0 Å². The highest BCUT2D eigenvalue weighted by molar-refractivity contribution is 5.81. The summed E-state index contributed by atoms with van der Waals surface area (Å²) in [6.07, 6.45) is 5.87. The van der Waals surface area contributed by atoms with Crippen LogP contribution in [0.5, 0.6) is 0 Å². The number of amides is 1. The molecule has 2 unspecified atom stereocenters. The summed E-state index contributed by atoms with van der Waals surface area (Å²) in [7, 11) is 0. The Morgan fingerprint density at radius 1 is 1.29 bits per heavy atom. The molecule has 0 aromatic rings. The molecule has 0 saturated carbocycles. The van der Waals surface area contributed by atoms with Crippen LogP contribution in [0.3, 0.4) is 0 Å². The number of rotatable bonds is 3. The Hall–Kier alpha value is -0.610. The number of nitrogens with two attached hydrogens (primary N) is 1. The van der Waals surface area contributed by atoms with Gasteiger partial charge in [-0.1, -0.05) is 13.3 Å². The molecule has 2 atom stereocenters. The van der Waals surface area contributed by atoms with Crippen LogP contribution in [0.1, 0.15) is 39.0 Å². The van der Waals surface area contributed by atoms with E-state index in [1.807, 2.05) is 11.8 Å². The Labute approximate surface area is 104 Å². The zero-order valence-electron chi connectivity index (χ0n) is 10.9. The normalized spacial score (nSPS) is 28.4. The smallest absolute Gasteiger partial charge is 0.239 e. The first-order valence-electron chi connectivity index (χ1n) is 7.00. The molecular weight excluding hydrogens is 214 g/mol. The molecule has 0 bridgehead atoms. The Balaban J connectivity index is 1.84. The molecule has 2 N–H and O–H groups in total. The largest absolute Gasteiger partial charge is 0.340 e. The highest BCUT2D eigenvalue weighted by Gasteiger charge is 2.32. The first-order valence-corrected chi connectivity index (χ1v) is 7.00. The van der Waals surface area contributed by atoms with Crippen molar-refractivity contribution in [3.63, 3.8) is 0 Å². The highest BCUT2D eigenvalue weighted by Crippen LogP contribution is 2.20. The van der Waals surface area contributed by atoms with Crippen LogP contribution in [-0.2, 0) is 4.79 Å². The van der Waals surface area contributed by atoms with Crippen molar-refractivity contribution in [2.75, 3.05) is 26.2 Å². The Bertz CT molecular complexity index is 263. The maximum Gasteiger partial charge on any atom is 0.239 e. The van der Waals surface area contributed by atoms with Gasteiger partial charge in [0, 0.05) is 19.1 Å². The second-order valence-electron chi connectivity index (χ2n) is 5.34. The van der Waals surface area contributed by atoms with Crippen molar-refractivity contribution in [3.05, 3.63) is 0 Å². The molecule has 2 heterocycles. The molecule has 2 fully saturated rings. The minimum atomic E-state index is -0.296. The monoisotopic (exact) mass is 239 g/mol. The summed E-state index contributed by atoms with van der Waals surface area (Å²) in [5, 5.41) is 0. The SMILES string of the molecule is CCC(N)C(=O)N1CCC(N2CCCCC2)C1. The number of piperidine rings is 1. The van der Waals surface area contributed by atoms with Crippen LogP contribution >= 0.6 is 0 Å². The van der Waals surface area contributed by atoms with Gasteiger partial charge in [0.25, 0.3) is 0 Å². The molecule has 2 aliphatic rings. The number of hydrogen-bond acceptors (Lipinski definition) is 3. The van der Waals surface area contributed by atoms with Crippen molar-refractivity contribution in [2.24, 2.45) is 5.73 Å². The first kappa shape index (κ1) is 12.8. The van der Waals surface area contributed by atoms with Crippen LogP contribution in [0.25, 0.3) is 0 Å². The van der Waals surface area contributed by atoms with E-state index in [1.54, 1.807) is 0 Å². The van der Waals surface area contributed by atoms with Crippen molar-refractivity contribution in [1.29, 1.82) is 0 Å². The number of carbonyl (C=O) groups is 1. The van der Waals surface area contributed by atoms with Gasteiger partial charge >= 0.3 is 0 Å². The van der Waals surface area contributed by atoms with Crippen molar-refractivity contribution in [3.8, 4) is 0 Å². The van der Waals surface area contributed by atoms with Crippen molar-refractivity contribution < 1.29 is 4.79 Å². The van der Waals surface area contributed by atoms with Gasteiger partial charge in [-0.2, -0.15) is 0 Å². The van der Waals surface area contributed by atoms with E-state index in [0.717, 1.165) is 25.9 Å². The average molecular weight is 239 g/mol. The predicted molar refractivity (Wildman–Crippen MR) is 68.7 cm³/mol. The van der Waals surface area contributed by atoms with Gasteiger partial charge in [0.15, 0.2) is 0 Å². The maximum atomic E-state index is 12.0. The molecule has 0 spiro atoms. The molecular formula is C13H25N3O. The van der Waals surface area contributed by atoms with Crippen molar-refractivity contribution >= 4 is 5.91 Å². The molecule has 1 amide bonds. The van der Waals surface area contributed by atoms with Crippen LogP contribution in [0, 0.1) is 0 Å². The summed E-state index contributed by atoms with van der Waals surface area (Å²) in [5.41, 5.74) is 5.82. The second kappa shape index (κ2) is 5.83. The van der Waals surface area contributed by atoms with Gasteiger partial charge < -0.3 is 10.6 Å². The van der Waals surface area contributed by atoms with E-state index in [1.165, 1.54) is 32.4 Å². The highest BCUT2D eigenvalue weighted by atomic mass is 16.2. The first-order chi connectivity index (χ1) is 8.22. The summed E-state index contributed by atoms with van der Waals surface area (Å²) in [5.74, 6) is 0.145. The summed E-state index contributed by atoms with van der Waals surface area (Å²) >= 11 is 0. The number of likely N-dealkylation sites (tertiary alicyclic amines) is 2. The average Bonchev–Trinajstić information content (AvgIpc) is 2.87. The third-order valence-electron chi connectivity index (χ3n) is 4.14. The fourth-order valence-corrected chi connectivity index (χ4v) is 2.93. The van der Waals surface area contributed by atoms with E-state index in [-0.39, 0.29) is 11.9 Å². The minimum absolute atomic E-state index is 0.145. The molecule has 2 rings (SSSR count). The van der Waals surface area contributed by atoms with Crippen LogP contribution in [-0.4, -0.2) is 54.0 Å². The second-order valence-corrected chi connectivity index (χ2v) is 5.34. The summed E-state index contributed by atoms with van der Waals surface area (Å²) in [4.78, 5) is 16.5. The van der Waals surface area contributed by atoms with E-state index in [0.29, 0.717) is 6.04 Å².